The van der Waals surface area contributed by atoms with Crippen molar-refractivity contribution in [2.24, 2.45) is 0 Å². The van der Waals surface area contributed by atoms with E-state index in [1.807, 2.05) is 0 Å². The fraction of sp³-hybridized carbons (Fsp3) is 0.333. The van der Waals surface area contributed by atoms with Gasteiger partial charge in [-0.1, -0.05) is 35.9 Å². The molecule has 0 radical (unpaired) electrons. The highest BCUT2D eigenvalue weighted by Crippen LogP contribution is 2.27. The first-order valence-corrected chi connectivity index (χ1v) is 5.61. The molecule has 2 rings (SSSR count). The third kappa shape index (κ3) is 2.50. The average molecular weight is 196 g/mol. The topological polar surface area (TPSA) is 0 Å². The van der Waals surface area contributed by atoms with Crippen LogP contribution in [0.4, 0.5) is 0 Å². The van der Waals surface area contributed by atoms with Gasteiger partial charge in [0.2, 0.25) is 0 Å². The quantitative estimate of drug-likeness (QED) is 0.507. The van der Waals surface area contributed by atoms with Gasteiger partial charge in [0.05, 0.1) is 0 Å². The van der Waals surface area contributed by atoms with Gasteiger partial charge in [0.15, 0.2) is 0 Å². The van der Waals surface area contributed by atoms with E-state index in [-0.39, 0.29) is 0 Å². The van der Waals surface area contributed by atoms with Crippen LogP contribution in [0.5, 0.6) is 0 Å². The SMILES string of the molecule is C#CCCCCC1=Cc2ccccc2C1. The molecule has 0 nitrogen and oxygen atoms in total. The molecule has 1 aliphatic rings. The Labute approximate surface area is 92.0 Å². The molecule has 1 aromatic carbocycles. The van der Waals surface area contributed by atoms with Gasteiger partial charge in [-0.3, -0.25) is 0 Å². The van der Waals surface area contributed by atoms with Crippen LogP contribution in [0, 0.1) is 12.3 Å². The van der Waals surface area contributed by atoms with Crippen LogP contribution < -0.4 is 0 Å². The number of hydrogen-bond donors (Lipinski definition) is 0. The lowest BCUT2D eigenvalue weighted by atomic mass is 10.1. The molecule has 0 unspecified atom stereocenters. The molecule has 0 aromatic heterocycles. The van der Waals surface area contributed by atoms with Gasteiger partial charge in [0, 0.05) is 6.42 Å². The molecule has 1 aromatic rings. The zero-order chi connectivity index (χ0) is 10.5. The second-order valence-corrected chi connectivity index (χ2v) is 4.09. The number of allylic oxidation sites excluding steroid dienone is 1. The van der Waals surface area contributed by atoms with Gasteiger partial charge in [-0.05, 0) is 36.8 Å². The summed E-state index contributed by atoms with van der Waals surface area (Å²) >= 11 is 0. The van der Waals surface area contributed by atoms with Crippen molar-refractivity contribution in [1.82, 2.24) is 0 Å². The zero-order valence-electron chi connectivity index (χ0n) is 9.00. The fourth-order valence-electron chi connectivity index (χ4n) is 2.09. The molecule has 0 saturated carbocycles. The Morgan fingerprint density at radius 3 is 2.87 bits per heavy atom. The third-order valence-electron chi connectivity index (χ3n) is 2.90. The van der Waals surface area contributed by atoms with Crippen LogP contribution in [0.1, 0.15) is 36.8 Å². The highest BCUT2D eigenvalue weighted by molar-refractivity contribution is 5.63. The van der Waals surface area contributed by atoms with Crippen molar-refractivity contribution in [2.45, 2.75) is 32.1 Å². The maximum Gasteiger partial charge on any atom is 0.00861 e. The van der Waals surface area contributed by atoms with Crippen molar-refractivity contribution < 1.29 is 0 Å². The van der Waals surface area contributed by atoms with E-state index >= 15 is 0 Å². The van der Waals surface area contributed by atoms with Crippen LogP contribution in [0.25, 0.3) is 6.08 Å². The molecule has 0 fully saturated rings. The van der Waals surface area contributed by atoms with Crippen molar-refractivity contribution in [3.05, 3.63) is 41.0 Å². The first-order chi connectivity index (χ1) is 7.40. The van der Waals surface area contributed by atoms with E-state index in [4.69, 9.17) is 6.42 Å². The summed E-state index contributed by atoms with van der Waals surface area (Å²) in [6, 6.07) is 8.65. The molecule has 0 aliphatic heterocycles. The van der Waals surface area contributed by atoms with Crippen LogP contribution >= 0.6 is 0 Å². The highest BCUT2D eigenvalue weighted by Gasteiger charge is 2.10. The van der Waals surface area contributed by atoms with E-state index in [0.29, 0.717) is 0 Å². The number of unbranched alkanes of at least 4 members (excludes halogenated alkanes) is 2. The predicted molar refractivity (Wildman–Crippen MR) is 65.4 cm³/mol. The first kappa shape index (κ1) is 10.1. The van der Waals surface area contributed by atoms with Gasteiger partial charge in [0.1, 0.15) is 0 Å². The van der Waals surface area contributed by atoms with E-state index in [0.717, 1.165) is 19.3 Å². The largest absolute Gasteiger partial charge is 0.120 e. The molecule has 0 heteroatoms. The van der Waals surface area contributed by atoms with Crippen LogP contribution in [-0.2, 0) is 6.42 Å². The minimum Gasteiger partial charge on any atom is -0.120 e. The summed E-state index contributed by atoms with van der Waals surface area (Å²) in [5.74, 6) is 2.69. The monoisotopic (exact) mass is 196 g/mol. The van der Waals surface area contributed by atoms with Crippen LogP contribution in [-0.4, -0.2) is 0 Å². The lowest BCUT2D eigenvalue weighted by molar-refractivity contribution is 0.745. The summed E-state index contributed by atoms with van der Waals surface area (Å²) in [4.78, 5) is 0. The number of hydrogen-bond acceptors (Lipinski definition) is 0. The Bertz CT molecular complexity index is 404. The van der Waals surface area contributed by atoms with E-state index < -0.39 is 0 Å². The minimum atomic E-state index is 0.917. The average Bonchev–Trinajstić information content (AvgIpc) is 2.67. The van der Waals surface area contributed by atoms with Crippen LogP contribution in [0.15, 0.2) is 29.8 Å². The van der Waals surface area contributed by atoms with Gasteiger partial charge < -0.3 is 0 Å². The molecule has 1 aliphatic carbocycles. The molecule has 0 amide bonds. The Hall–Kier alpha value is -1.48. The summed E-state index contributed by atoms with van der Waals surface area (Å²) in [5.41, 5.74) is 4.45. The maximum atomic E-state index is 5.23. The molecule has 0 atom stereocenters. The fourth-order valence-corrected chi connectivity index (χ4v) is 2.09. The Morgan fingerprint density at radius 2 is 2.07 bits per heavy atom. The molecule has 76 valence electrons. The Kier molecular flexibility index (Phi) is 3.25. The van der Waals surface area contributed by atoms with Gasteiger partial charge in [0.25, 0.3) is 0 Å². The van der Waals surface area contributed by atoms with Gasteiger partial charge in [-0.2, -0.15) is 0 Å². The molecule has 0 saturated heterocycles. The zero-order valence-corrected chi connectivity index (χ0v) is 9.00. The van der Waals surface area contributed by atoms with Gasteiger partial charge in [-0.15, -0.1) is 12.3 Å². The van der Waals surface area contributed by atoms with E-state index in [1.165, 1.54) is 24.0 Å². The van der Waals surface area contributed by atoms with Crippen LogP contribution in [0.3, 0.4) is 0 Å². The van der Waals surface area contributed by atoms with E-state index in [2.05, 4.69) is 36.3 Å². The minimum absolute atomic E-state index is 0.917. The second-order valence-electron chi connectivity index (χ2n) is 4.09. The summed E-state index contributed by atoms with van der Waals surface area (Å²) in [6.07, 6.45) is 13.2. The van der Waals surface area contributed by atoms with Gasteiger partial charge >= 0.3 is 0 Å². The molecule has 0 spiro atoms. The van der Waals surface area contributed by atoms with E-state index in [9.17, 15) is 0 Å². The summed E-state index contributed by atoms with van der Waals surface area (Å²) in [7, 11) is 0. The van der Waals surface area contributed by atoms with Crippen molar-refractivity contribution in [3.8, 4) is 12.3 Å². The highest BCUT2D eigenvalue weighted by atomic mass is 14.2. The van der Waals surface area contributed by atoms with Crippen molar-refractivity contribution in [2.75, 3.05) is 0 Å². The van der Waals surface area contributed by atoms with Crippen molar-refractivity contribution >= 4 is 6.08 Å². The smallest absolute Gasteiger partial charge is 0.00861 e. The maximum absolute atomic E-state index is 5.23. The Morgan fingerprint density at radius 1 is 1.20 bits per heavy atom. The number of rotatable bonds is 4. The van der Waals surface area contributed by atoms with Crippen LogP contribution in [0.2, 0.25) is 0 Å². The molecule has 0 heterocycles. The molecule has 0 N–H and O–H groups in total. The standard InChI is InChI=1S/C15H16/c1-2-3-4-5-8-13-11-14-9-6-7-10-15(14)12-13/h1,6-7,9-11H,3-5,8,12H2. The molecule has 15 heavy (non-hydrogen) atoms. The van der Waals surface area contributed by atoms with Crippen molar-refractivity contribution in [1.29, 1.82) is 0 Å². The Balaban J connectivity index is 1.86. The molecule has 0 bridgehead atoms. The summed E-state index contributed by atoms with van der Waals surface area (Å²) in [6.45, 7) is 0. The number of terminal acetylenes is 1. The van der Waals surface area contributed by atoms with Gasteiger partial charge in [-0.25, -0.2) is 0 Å². The normalized spacial score (nSPS) is 13.1. The molecular formula is C15H16. The van der Waals surface area contributed by atoms with E-state index in [1.54, 1.807) is 5.57 Å². The summed E-state index contributed by atoms with van der Waals surface area (Å²) < 4.78 is 0. The molecular weight excluding hydrogens is 180 g/mol. The third-order valence-corrected chi connectivity index (χ3v) is 2.90. The number of fused-ring (bicyclic) bond motifs is 1. The summed E-state index contributed by atoms with van der Waals surface area (Å²) in [5, 5.41) is 0. The number of benzene rings is 1. The lowest BCUT2D eigenvalue weighted by Crippen LogP contribution is -1.85. The second kappa shape index (κ2) is 4.84. The predicted octanol–water partition coefficient (Wildman–Crippen LogP) is 3.82. The van der Waals surface area contributed by atoms with Crippen molar-refractivity contribution in [3.63, 3.8) is 0 Å². The first-order valence-electron chi connectivity index (χ1n) is 5.61. The lowest BCUT2D eigenvalue weighted by Gasteiger charge is -2.00.